The monoisotopic (exact) mass is 449 g/mol. The molecule has 0 aliphatic rings. The summed E-state index contributed by atoms with van der Waals surface area (Å²) in [6, 6.07) is 17.7. The minimum atomic E-state index is 0.380. The van der Waals surface area contributed by atoms with E-state index in [-0.39, 0.29) is 0 Å². The molecule has 0 saturated heterocycles. The van der Waals surface area contributed by atoms with Crippen LogP contribution in [0.1, 0.15) is 0 Å². The van der Waals surface area contributed by atoms with E-state index in [0.717, 1.165) is 21.1 Å². The standard InChI is InChI=1S/C19H12BrN7S/c20-13-8-6-12(7-9-13)16-24-19(28)27(25-16)18-15-10-23-26(17(15)21-11-22-18)14-4-2-1-3-5-14/h1-11H,(H,24,25,28). The first-order valence-electron chi connectivity index (χ1n) is 8.40. The van der Waals surface area contributed by atoms with Crippen LogP contribution in [0.25, 0.3) is 33.9 Å². The molecule has 1 N–H and O–H groups in total. The molecule has 3 heterocycles. The highest BCUT2D eigenvalue weighted by molar-refractivity contribution is 9.10. The summed E-state index contributed by atoms with van der Waals surface area (Å²) in [6.45, 7) is 0. The van der Waals surface area contributed by atoms with Gasteiger partial charge in [0.05, 0.1) is 17.3 Å². The number of fused-ring (bicyclic) bond motifs is 1. The number of benzene rings is 2. The summed E-state index contributed by atoms with van der Waals surface area (Å²) in [5, 5.41) is 8.49. The van der Waals surface area contributed by atoms with Crippen molar-refractivity contribution in [3.63, 3.8) is 0 Å². The Kier molecular flexibility index (Phi) is 4.10. The molecule has 28 heavy (non-hydrogen) atoms. The third-order valence-corrected chi connectivity index (χ3v) is 5.09. The van der Waals surface area contributed by atoms with Gasteiger partial charge >= 0.3 is 0 Å². The highest BCUT2D eigenvalue weighted by Crippen LogP contribution is 2.23. The summed E-state index contributed by atoms with van der Waals surface area (Å²) in [5.41, 5.74) is 2.54. The molecule has 0 unspecified atom stereocenters. The molecule has 3 aromatic heterocycles. The molecule has 2 aromatic carbocycles. The van der Waals surface area contributed by atoms with Crippen LogP contribution in [-0.2, 0) is 0 Å². The van der Waals surface area contributed by atoms with Crippen molar-refractivity contribution in [2.45, 2.75) is 0 Å². The molecule has 0 fully saturated rings. The predicted octanol–water partition coefficient (Wildman–Crippen LogP) is 4.49. The van der Waals surface area contributed by atoms with Crippen molar-refractivity contribution in [2.24, 2.45) is 0 Å². The van der Waals surface area contributed by atoms with Gasteiger partial charge < -0.3 is 0 Å². The first-order valence-corrected chi connectivity index (χ1v) is 9.60. The summed E-state index contributed by atoms with van der Waals surface area (Å²) in [4.78, 5) is 13.3. The van der Waals surface area contributed by atoms with Crippen LogP contribution in [0.4, 0.5) is 0 Å². The number of nitrogens with zero attached hydrogens (tertiary/aromatic N) is 6. The maximum atomic E-state index is 5.47. The Hall–Kier alpha value is -3.17. The quantitative estimate of drug-likeness (QED) is 0.410. The van der Waals surface area contributed by atoms with Gasteiger partial charge in [-0.2, -0.15) is 10.1 Å². The zero-order valence-electron chi connectivity index (χ0n) is 14.3. The molecular formula is C19H12BrN7S. The number of H-pyrrole nitrogens is 1. The number of aromatic amines is 1. The highest BCUT2D eigenvalue weighted by Gasteiger charge is 2.15. The van der Waals surface area contributed by atoms with Crippen LogP contribution < -0.4 is 0 Å². The molecular weight excluding hydrogens is 438 g/mol. The van der Waals surface area contributed by atoms with Crippen LogP contribution in [0.15, 0.2) is 71.6 Å². The van der Waals surface area contributed by atoms with Crippen molar-refractivity contribution in [3.05, 3.63) is 76.4 Å². The normalized spacial score (nSPS) is 11.2. The van der Waals surface area contributed by atoms with Crippen LogP contribution in [0, 0.1) is 4.77 Å². The maximum Gasteiger partial charge on any atom is 0.222 e. The largest absolute Gasteiger partial charge is 0.273 e. The lowest BCUT2D eigenvalue weighted by Gasteiger charge is -2.04. The van der Waals surface area contributed by atoms with E-state index in [0.29, 0.717) is 22.1 Å². The Morgan fingerprint density at radius 2 is 1.75 bits per heavy atom. The van der Waals surface area contributed by atoms with Gasteiger partial charge in [-0.3, -0.25) is 5.10 Å². The number of nitrogens with one attached hydrogen (secondary N) is 1. The molecule has 136 valence electrons. The van der Waals surface area contributed by atoms with Gasteiger partial charge in [-0.1, -0.05) is 46.3 Å². The van der Waals surface area contributed by atoms with Gasteiger partial charge in [0, 0.05) is 10.0 Å². The van der Waals surface area contributed by atoms with E-state index in [1.807, 2.05) is 54.6 Å². The number of aromatic nitrogens is 7. The number of para-hydroxylation sites is 1. The number of halogens is 1. The van der Waals surface area contributed by atoms with E-state index >= 15 is 0 Å². The van der Waals surface area contributed by atoms with E-state index in [2.05, 4.69) is 41.1 Å². The summed E-state index contributed by atoms with van der Waals surface area (Å²) in [7, 11) is 0. The second-order valence-corrected chi connectivity index (χ2v) is 7.30. The third kappa shape index (κ3) is 2.85. The van der Waals surface area contributed by atoms with E-state index in [9.17, 15) is 0 Å². The van der Waals surface area contributed by atoms with Gasteiger partial charge in [-0.05, 0) is 36.5 Å². The van der Waals surface area contributed by atoms with Crippen LogP contribution in [0.3, 0.4) is 0 Å². The Balaban J connectivity index is 1.65. The molecule has 0 spiro atoms. The van der Waals surface area contributed by atoms with Crippen molar-refractivity contribution < 1.29 is 0 Å². The molecule has 9 heteroatoms. The number of rotatable bonds is 3. The Morgan fingerprint density at radius 3 is 2.54 bits per heavy atom. The van der Waals surface area contributed by atoms with Gasteiger partial charge in [-0.15, -0.1) is 0 Å². The molecule has 7 nitrogen and oxygen atoms in total. The van der Waals surface area contributed by atoms with E-state index in [4.69, 9.17) is 12.2 Å². The third-order valence-electron chi connectivity index (χ3n) is 4.29. The Bertz CT molecular complexity index is 1340. The lowest BCUT2D eigenvalue weighted by atomic mass is 10.2. The lowest BCUT2D eigenvalue weighted by Crippen LogP contribution is -2.03. The van der Waals surface area contributed by atoms with Crippen LogP contribution in [0.5, 0.6) is 0 Å². The first-order chi connectivity index (χ1) is 13.7. The predicted molar refractivity (Wildman–Crippen MR) is 112 cm³/mol. The van der Waals surface area contributed by atoms with Gasteiger partial charge in [-0.25, -0.2) is 19.3 Å². The fourth-order valence-electron chi connectivity index (χ4n) is 2.97. The molecule has 5 aromatic rings. The van der Waals surface area contributed by atoms with E-state index < -0.39 is 0 Å². The van der Waals surface area contributed by atoms with Gasteiger partial charge in [0.1, 0.15) is 6.33 Å². The molecule has 0 saturated carbocycles. The highest BCUT2D eigenvalue weighted by atomic mass is 79.9. The minimum Gasteiger partial charge on any atom is -0.273 e. The second kappa shape index (κ2) is 6.77. The maximum absolute atomic E-state index is 5.47. The summed E-state index contributed by atoms with van der Waals surface area (Å²) < 4.78 is 4.83. The zero-order chi connectivity index (χ0) is 19.1. The first kappa shape index (κ1) is 17.0. The summed E-state index contributed by atoms with van der Waals surface area (Å²) in [5.74, 6) is 1.27. The average Bonchev–Trinajstić information content (AvgIpc) is 3.33. The fourth-order valence-corrected chi connectivity index (χ4v) is 3.46. The molecule has 0 amide bonds. The molecule has 0 atom stereocenters. The number of hydrogen-bond acceptors (Lipinski definition) is 5. The number of hydrogen-bond donors (Lipinski definition) is 1. The van der Waals surface area contributed by atoms with Crippen molar-refractivity contribution in [1.29, 1.82) is 0 Å². The van der Waals surface area contributed by atoms with E-state index in [1.54, 1.807) is 15.6 Å². The lowest BCUT2D eigenvalue weighted by molar-refractivity contribution is 0.838. The average molecular weight is 450 g/mol. The van der Waals surface area contributed by atoms with Crippen molar-refractivity contribution in [1.82, 2.24) is 34.5 Å². The zero-order valence-corrected chi connectivity index (χ0v) is 16.7. The summed E-state index contributed by atoms with van der Waals surface area (Å²) in [6.07, 6.45) is 3.24. The van der Waals surface area contributed by atoms with Crippen LogP contribution >= 0.6 is 28.1 Å². The molecule has 0 bridgehead atoms. The molecule has 0 aliphatic heterocycles. The summed E-state index contributed by atoms with van der Waals surface area (Å²) >= 11 is 8.91. The molecule has 0 radical (unpaired) electrons. The SMILES string of the molecule is S=c1nc(-c2ccc(Br)cc2)[nH]n1-c1ncnc2c1cnn2-c1ccccc1. The molecule has 0 aliphatic carbocycles. The second-order valence-electron chi connectivity index (χ2n) is 6.02. The van der Waals surface area contributed by atoms with Crippen molar-refractivity contribution in [2.75, 3.05) is 0 Å². The minimum absolute atomic E-state index is 0.380. The van der Waals surface area contributed by atoms with Gasteiger partial charge in [0.25, 0.3) is 0 Å². The fraction of sp³-hybridized carbons (Fsp3) is 0. The topological polar surface area (TPSA) is 77.2 Å². The van der Waals surface area contributed by atoms with Crippen molar-refractivity contribution in [3.8, 4) is 22.9 Å². The van der Waals surface area contributed by atoms with E-state index in [1.165, 1.54) is 6.33 Å². The van der Waals surface area contributed by atoms with Crippen molar-refractivity contribution >= 4 is 39.2 Å². The Morgan fingerprint density at radius 1 is 0.964 bits per heavy atom. The van der Waals surface area contributed by atoms with Crippen LogP contribution in [0.2, 0.25) is 0 Å². The molecule has 5 rings (SSSR count). The van der Waals surface area contributed by atoms with Gasteiger partial charge in [0.2, 0.25) is 4.77 Å². The van der Waals surface area contributed by atoms with Gasteiger partial charge in [0.15, 0.2) is 17.3 Å². The Labute approximate surface area is 172 Å². The smallest absolute Gasteiger partial charge is 0.222 e. The van der Waals surface area contributed by atoms with Crippen LogP contribution in [-0.4, -0.2) is 34.5 Å².